The molecule has 1 heterocycles. The zero-order valence-corrected chi connectivity index (χ0v) is 14.5. The lowest BCUT2D eigenvalue weighted by Crippen LogP contribution is -2.25. The molecule has 2 aromatic carbocycles. The number of fused-ring (bicyclic) bond motifs is 1. The van der Waals surface area contributed by atoms with E-state index in [9.17, 15) is 9.59 Å². The SMILES string of the molecule is COc1cccc(OC)c1C(=O)Nc1ccc2c(c1)N(C(C)=O)CC2. The molecule has 2 amide bonds. The molecule has 2 aromatic rings. The molecule has 0 fully saturated rings. The Kier molecular flexibility index (Phi) is 4.61. The van der Waals surface area contributed by atoms with E-state index in [1.807, 2.05) is 18.2 Å². The number of nitrogens with zero attached hydrogens (tertiary/aromatic N) is 1. The van der Waals surface area contributed by atoms with Crippen LogP contribution >= 0.6 is 0 Å². The Labute approximate surface area is 146 Å². The first kappa shape index (κ1) is 16.8. The highest BCUT2D eigenvalue weighted by Crippen LogP contribution is 2.33. The molecule has 1 aliphatic rings. The second-order valence-electron chi connectivity index (χ2n) is 5.76. The van der Waals surface area contributed by atoms with Crippen LogP contribution in [-0.2, 0) is 11.2 Å². The topological polar surface area (TPSA) is 67.9 Å². The second-order valence-corrected chi connectivity index (χ2v) is 5.76. The van der Waals surface area contributed by atoms with Gasteiger partial charge in [-0.15, -0.1) is 0 Å². The van der Waals surface area contributed by atoms with Crippen molar-refractivity contribution >= 4 is 23.2 Å². The summed E-state index contributed by atoms with van der Waals surface area (Å²) in [5.41, 5.74) is 2.89. The second kappa shape index (κ2) is 6.84. The summed E-state index contributed by atoms with van der Waals surface area (Å²) in [6.07, 6.45) is 0.823. The zero-order valence-electron chi connectivity index (χ0n) is 14.5. The molecule has 130 valence electrons. The van der Waals surface area contributed by atoms with E-state index in [-0.39, 0.29) is 11.8 Å². The molecule has 6 heteroatoms. The maximum atomic E-state index is 12.7. The predicted octanol–water partition coefficient (Wildman–Crippen LogP) is 2.87. The summed E-state index contributed by atoms with van der Waals surface area (Å²) in [7, 11) is 3.01. The number of ether oxygens (including phenoxy) is 2. The highest BCUT2D eigenvalue weighted by Gasteiger charge is 2.23. The molecule has 1 aliphatic heterocycles. The van der Waals surface area contributed by atoms with E-state index in [2.05, 4.69) is 5.32 Å². The van der Waals surface area contributed by atoms with Crippen molar-refractivity contribution in [2.45, 2.75) is 13.3 Å². The van der Waals surface area contributed by atoms with Gasteiger partial charge in [-0.05, 0) is 36.2 Å². The lowest BCUT2D eigenvalue weighted by atomic mass is 10.1. The fourth-order valence-corrected chi connectivity index (χ4v) is 3.05. The fourth-order valence-electron chi connectivity index (χ4n) is 3.05. The van der Waals surface area contributed by atoms with Crippen molar-refractivity contribution in [3.8, 4) is 11.5 Å². The Hall–Kier alpha value is -3.02. The summed E-state index contributed by atoms with van der Waals surface area (Å²) < 4.78 is 10.6. The van der Waals surface area contributed by atoms with Gasteiger partial charge in [0.25, 0.3) is 5.91 Å². The number of hydrogen-bond donors (Lipinski definition) is 1. The molecule has 0 saturated carbocycles. The first-order valence-corrected chi connectivity index (χ1v) is 7.98. The van der Waals surface area contributed by atoms with Crippen molar-refractivity contribution in [1.29, 1.82) is 0 Å². The summed E-state index contributed by atoms with van der Waals surface area (Å²) in [6.45, 7) is 2.21. The van der Waals surface area contributed by atoms with Crippen molar-refractivity contribution < 1.29 is 19.1 Å². The van der Waals surface area contributed by atoms with Crippen LogP contribution in [0.3, 0.4) is 0 Å². The number of methoxy groups -OCH3 is 2. The number of carbonyl (C=O) groups is 2. The van der Waals surface area contributed by atoms with E-state index in [0.717, 1.165) is 17.7 Å². The number of amides is 2. The summed E-state index contributed by atoms with van der Waals surface area (Å²) in [6, 6.07) is 10.8. The van der Waals surface area contributed by atoms with Gasteiger partial charge in [0.1, 0.15) is 17.1 Å². The van der Waals surface area contributed by atoms with Crippen LogP contribution in [0.5, 0.6) is 11.5 Å². The monoisotopic (exact) mass is 340 g/mol. The van der Waals surface area contributed by atoms with Gasteiger partial charge in [0.2, 0.25) is 5.91 Å². The number of carbonyl (C=O) groups excluding carboxylic acids is 2. The molecule has 0 spiro atoms. The predicted molar refractivity (Wildman–Crippen MR) is 95.7 cm³/mol. The molecular weight excluding hydrogens is 320 g/mol. The Bertz CT molecular complexity index is 810. The first-order chi connectivity index (χ1) is 12.0. The van der Waals surface area contributed by atoms with Gasteiger partial charge >= 0.3 is 0 Å². The molecule has 0 unspecified atom stereocenters. The Balaban J connectivity index is 1.90. The van der Waals surface area contributed by atoms with Crippen molar-refractivity contribution in [2.24, 2.45) is 0 Å². The average molecular weight is 340 g/mol. The molecule has 3 rings (SSSR count). The van der Waals surface area contributed by atoms with Crippen LogP contribution in [0.15, 0.2) is 36.4 Å². The third-order valence-corrected chi connectivity index (χ3v) is 4.27. The number of hydrogen-bond acceptors (Lipinski definition) is 4. The Morgan fingerprint density at radius 3 is 2.36 bits per heavy atom. The summed E-state index contributed by atoms with van der Waals surface area (Å²) in [5.74, 6) is 0.530. The standard InChI is InChI=1S/C19H20N2O4/c1-12(22)21-10-9-13-7-8-14(11-15(13)21)20-19(23)18-16(24-2)5-4-6-17(18)25-3/h4-8,11H,9-10H2,1-3H3,(H,20,23). The molecule has 0 bridgehead atoms. The van der Waals surface area contributed by atoms with Crippen LogP contribution in [0.2, 0.25) is 0 Å². The van der Waals surface area contributed by atoms with Crippen molar-refractivity contribution in [3.05, 3.63) is 47.5 Å². The van der Waals surface area contributed by atoms with Crippen molar-refractivity contribution in [1.82, 2.24) is 0 Å². The largest absolute Gasteiger partial charge is 0.496 e. The van der Waals surface area contributed by atoms with Gasteiger partial charge in [-0.25, -0.2) is 0 Å². The number of benzene rings is 2. The lowest BCUT2D eigenvalue weighted by Gasteiger charge is -2.16. The van der Waals surface area contributed by atoms with E-state index < -0.39 is 0 Å². The van der Waals surface area contributed by atoms with E-state index in [1.165, 1.54) is 14.2 Å². The number of nitrogens with one attached hydrogen (secondary N) is 1. The van der Waals surface area contributed by atoms with Gasteiger partial charge in [0.05, 0.1) is 14.2 Å². The van der Waals surface area contributed by atoms with Gasteiger partial charge in [0, 0.05) is 24.8 Å². The fraction of sp³-hybridized carbons (Fsp3) is 0.263. The number of anilines is 2. The first-order valence-electron chi connectivity index (χ1n) is 7.98. The third-order valence-electron chi connectivity index (χ3n) is 4.27. The van der Waals surface area contributed by atoms with Crippen LogP contribution in [0, 0.1) is 0 Å². The molecule has 0 radical (unpaired) electrons. The smallest absolute Gasteiger partial charge is 0.263 e. The van der Waals surface area contributed by atoms with Crippen LogP contribution in [0.1, 0.15) is 22.8 Å². The summed E-state index contributed by atoms with van der Waals surface area (Å²) in [5, 5.41) is 2.86. The van der Waals surface area contributed by atoms with Crippen molar-refractivity contribution in [3.63, 3.8) is 0 Å². The van der Waals surface area contributed by atoms with Crippen LogP contribution in [0.25, 0.3) is 0 Å². The minimum Gasteiger partial charge on any atom is -0.496 e. The highest BCUT2D eigenvalue weighted by atomic mass is 16.5. The maximum Gasteiger partial charge on any atom is 0.263 e. The third kappa shape index (κ3) is 3.15. The van der Waals surface area contributed by atoms with E-state index in [0.29, 0.717) is 29.3 Å². The number of rotatable bonds is 4. The Morgan fingerprint density at radius 1 is 1.08 bits per heavy atom. The van der Waals surface area contributed by atoms with E-state index >= 15 is 0 Å². The average Bonchev–Trinajstić information content (AvgIpc) is 3.04. The molecule has 25 heavy (non-hydrogen) atoms. The quantitative estimate of drug-likeness (QED) is 0.929. The van der Waals surface area contributed by atoms with Gasteiger partial charge in [-0.1, -0.05) is 12.1 Å². The molecule has 0 atom stereocenters. The van der Waals surface area contributed by atoms with Crippen LogP contribution in [0.4, 0.5) is 11.4 Å². The summed E-state index contributed by atoms with van der Waals surface area (Å²) >= 11 is 0. The molecule has 0 aromatic heterocycles. The lowest BCUT2D eigenvalue weighted by molar-refractivity contribution is -0.116. The Morgan fingerprint density at radius 2 is 1.76 bits per heavy atom. The minimum atomic E-state index is -0.332. The maximum absolute atomic E-state index is 12.7. The van der Waals surface area contributed by atoms with Gasteiger partial charge in [-0.2, -0.15) is 0 Å². The van der Waals surface area contributed by atoms with Gasteiger partial charge < -0.3 is 19.7 Å². The molecule has 1 N–H and O–H groups in total. The van der Waals surface area contributed by atoms with Crippen molar-refractivity contribution in [2.75, 3.05) is 31.0 Å². The van der Waals surface area contributed by atoms with Gasteiger partial charge in [0.15, 0.2) is 0 Å². The molecule has 0 saturated heterocycles. The van der Waals surface area contributed by atoms with Crippen LogP contribution < -0.4 is 19.7 Å². The minimum absolute atomic E-state index is 0.00590. The normalized spacial score (nSPS) is 12.5. The molecule has 6 nitrogen and oxygen atoms in total. The van der Waals surface area contributed by atoms with Gasteiger partial charge in [-0.3, -0.25) is 9.59 Å². The summed E-state index contributed by atoms with van der Waals surface area (Å²) in [4.78, 5) is 26.2. The van der Waals surface area contributed by atoms with E-state index in [1.54, 1.807) is 30.0 Å². The van der Waals surface area contributed by atoms with E-state index in [4.69, 9.17) is 9.47 Å². The highest BCUT2D eigenvalue weighted by molar-refractivity contribution is 6.08. The molecule has 0 aliphatic carbocycles. The zero-order chi connectivity index (χ0) is 18.0. The molecular formula is C19H20N2O4. The van der Waals surface area contributed by atoms with Crippen LogP contribution in [-0.4, -0.2) is 32.6 Å².